The molecule has 10 heteroatoms. The molecule has 0 aliphatic carbocycles. The molecule has 3 rings (SSSR count). The number of ether oxygens (including phenoxy) is 1. The molecule has 9 nitrogen and oxygen atoms in total. The van der Waals surface area contributed by atoms with E-state index >= 15 is 0 Å². The first kappa shape index (κ1) is 15.4. The normalized spacial score (nSPS) is 15.8. The van der Waals surface area contributed by atoms with E-state index in [0.29, 0.717) is 12.2 Å². The summed E-state index contributed by atoms with van der Waals surface area (Å²) in [4.78, 5) is 32.7. The molecule has 0 aromatic carbocycles. The molecule has 0 amide bonds. The van der Waals surface area contributed by atoms with Gasteiger partial charge in [0.05, 0.1) is 12.9 Å². The highest BCUT2D eigenvalue weighted by Gasteiger charge is 2.19. The fourth-order valence-electron chi connectivity index (χ4n) is 2.54. The Kier molecular flexibility index (Phi) is 4.39. The molecule has 0 radical (unpaired) electrons. The second-order valence-electron chi connectivity index (χ2n) is 5.20. The van der Waals surface area contributed by atoms with Crippen molar-refractivity contribution in [3.8, 4) is 0 Å². The van der Waals surface area contributed by atoms with Crippen molar-refractivity contribution in [2.75, 3.05) is 30.9 Å². The molecule has 22 heavy (non-hydrogen) atoms. The molecular weight excluding hydrogens is 309 g/mol. The fourth-order valence-corrected chi connectivity index (χ4v) is 2.91. The quantitative estimate of drug-likeness (QED) is 0.585. The van der Waals surface area contributed by atoms with Gasteiger partial charge < -0.3 is 24.0 Å². The van der Waals surface area contributed by atoms with Gasteiger partial charge in [-0.2, -0.15) is 0 Å². The zero-order chi connectivity index (χ0) is 15.6. The minimum Gasteiger partial charge on any atom is -0.367 e. The molecule has 0 bridgehead atoms. The Bertz CT molecular complexity index is 694. The van der Waals surface area contributed by atoms with Crippen LogP contribution < -0.4 is 4.90 Å². The summed E-state index contributed by atoms with van der Waals surface area (Å²) in [5.41, 5.74) is 1.45. The molecule has 0 spiro atoms. The molecule has 1 fully saturated rings. The molecule has 0 saturated carbocycles. The standard InChI is InChI=1S/C12H18N5O4P/c18-22(19,20)9-21-6-5-17-8-15-10-11(13-7-14-12(10)17)16-3-1-2-4-16/h7-8H,1-6,9H2,(H2,18,19,20). The second-order valence-corrected chi connectivity index (χ2v) is 6.79. The first-order valence-corrected chi connectivity index (χ1v) is 8.87. The Morgan fingerprint density at radius 2 is 2.00 bits per heavy atom. The van der Waals surface area contributed by atoms with Gasteiger partial charge in [0.25, 0.3) is 0 Å². The van der Waals surface area contributed by atoms with Gasteiger partial charge in [0, 0.05) is 19.6 Å². The minimum absolute atomic E-state index is 0.180. The molecule has 2 aromatic heterocycles. The van der Waals surface area contributed by atoms with Crippen molar-refractivity contribution < 1.29 is 19.1 Å². The van der Waals surface area contributed by atoms with Crippen LogP contribution in [0.1, 0.15) is 12.8 Å². The zero-order valence-electron chi connectivity index (χ0n) is 12.0. The van der Waals surface area contributed by atoms with Crippen LogP contribution in [-0.4, -0.2) is 55.4 Å². The van der Waals surface area contributed by atoms with Crippen molar-refractivity contribution >= 4 is 24.6 Å². The summed E-state index contributed by atoms with van der Waals surface area (Å²) in [7, 11) is -4.12. The van der Waals surface area contributed by atoms with Gasteiger partial charge in [-0.1, -0.05) is 0 Å². The highest BCUT2D eigenvalue weighted by atomic mass is 31.2. The lowest BCUT2D eigenvalue weighted by Gasteiger charge is -2.16. The molecule has 3 heterocycles. The van der Waals surface area contributed by atoms with Crippen LogP contribution in [0, 0.1) is 0 Å². The third-order valence-corrected chi connectivity index (χ3v) is 4.04. The topological polar surface area (TPSA) is 114 Å². The van der Waals surface area contributed by atoms with E-state index in [1.807, 2.05) is 0 Å². The number of nitrogens with zero attached hydrogens (tertiary/aromatic N) is 5. The van der Waals surface area contributed by atoms with Gasteiger partial charge in [-0.15, -0.1) is 0 Å². The molecule has 1 saturated heterocycles. The molecule has 0 unspecified atom stereocenters. The van der Waals surface area contributed by atoms with E-state index in [1.165, 1.54) is 6.33 Å². The van der Waals surface area contributed by atoms with Gasteiger partial charge in [0.1, 0.15) is 12.7 Å². The summed E-state index contributed by atoms with van der Waals surface area (Å²) in [5, 5.41) is 0. The fraction of sp³-hybridized carbons (Fsp3) is 0.583. The maximum absolute atomic E-state index is 10.7. The highest BCUT2D eigenvalue weighted by molar-refractivity contribution is 7.51. The number of imidazole rings is 1. The third kappa shape index (κ3) is 3.44. The van der Waals surface area contributed by atoms with Crippen molar-refractivity contribution in [2.45, 2.75) is 19.4 Å². The Hall–Kier alpha value is -1.54. The van der Waals surface area contributed by atoms with Crippen LogP contribution >= 0.6 is 7.60 Å². The first-order chi connectivity index (χ1) is 10.5. The lowest BCUT2D eigenvalue weighted by Crippen LogP contribution is -2.19. The van der Waals surface area contributed by atoms with Crippen molar-refractivity contribution in [3.63, 3.8) is 0 Å². The molecule has 1 aliphatic rings. The van der Waals surface area contributed by atoms with Crippen molar-refractivity contribution in [1.29, 1.82) is 0 Å². The summed E-state index contributed by atoms with van der Waals surface area (Å²) < 4.78 is 17.5. The van der Waals surface area contributed by atoms with E-state index in [-0.39, 0.29) is 6.61 Å². The predicted octanol–water partition coefficient (Wildman–Crippen LogP) is 0.578. The second kappa shape index (κ2) is 6.29. The smallest absolute Gasteiger partial charge is 0.350 e. The number of anilines is 1. The van der Waals surface area contributed by atoms with Crippen LogP contribution in [0.15, 0.2) is 12.7 Å². The van der Waals surface area contributed by atoms with E-state index in [1.54, 1.807) is 10.9 Å². The van der Waals surface area contributed by atoms with Crippen molar-refractivity contribution in [3.05, 3.63) is 12.7 Å². The summed E-state index contributed by atoms with van der Waals surface area (Å²) in [6.07, 6.45) is 4.91. The van der Waals surface area contributed by atoms with Crippen LogP contribution in [0.4, 0.5) is 5.82 Å². The lowest BCUT2D eigenvalue weighted by molar-refractivity contribution is 0.149. The van der Waals surface area contributed by atoms with E-state index < -0.39 is 13.9 Å². The number of hydrogen-bond donors (Lipinski definition) is 2. The van der Waals surface area contributed by atoms with E-state index in [0.717, 1.165) is 37.3 Å². The maximum atomic E-state index is 10.7. The van der Waals surface area contributed by atoms with Crippen LogP contribution in [0.3, 0.4) is 0 Å². The summed E-state index contributed by atoms with van der Waals surface area (Å²) in [6, 6.07) is 0. The molecule has 2 N–H and O–H groups in total. The van der Waals surface area contributed by atoms with Gasteiger partial charge in [0.2, 0.25) is 0 Å². The third-order valence-electron chi connectivity index (χ3n) is 3.52. The number of fused-ring (bicyclic) bond motifs is 1. The first-order valence-electron chi connectivity index (χ1n) is 7.08. The van der Waals surface area contributed by atoms with Gasteiger partial charge in [-0.25, -0.2) is 15.0 Å². The molecule has 0 atom stereocenters. The van der Waals surface area contributed by atoms with Gasteiger partial charge in [-0.3, -0.25) is 4.57 Å². The summed E-state index contributed by atoms with van der Waals surface area (Å²) in [6.45, 7) is 2.56. The Labute approximate surface area is 127 Å². The Morgan fingerprint density at radius 3 is 2.73 bits per heavy atom. The molecular formula is C12H18N5O4P. The SMILES string of the molecule is O=P(O)(O)COCCn1cnc2c(N3CCCC3)ncnc21. The average Bonchev–Trinajstić information content (AvgIpc) is 3.12. The van der Waals surface area contributed by atoms with Crippen molar-refractivity contribution in [2.24, 2.45) is 0 Å². The largest absolute Gasteiger partial charge is 0.367 e. The van der Waals surface area contributed by atoms with Crippen LogP contribution in [-0.2, 0) is 15.8 Å². The van der Waals surface area contributed by atoms with Gasteiger partial charge in [-0.05, 0) is 12.8 Å². The molecule has 120 valence electrons. The molecule has 2 aromatic rings. The van der Waals surface area contributed by atoms with E-state index in [4.69, 9.17) is 14.5 Å². The number of aromatic nitrogens is 4. The van der Waals surface area contributed by atoms with Gasteiger partial charge >= 0.3 is 7.60 Å². The zero-order valence-corrected chi connectivity index (χ0v) is 12.9. The van der Waals surface area contributed by atoms with Crippen LogP contribution in [0.25, 0.3) is 11.2 Å². The summed E-state index contributed by atoms with van der Waals surface area (Å²) in [5.74, 6) is 0.845. The summed E-state index contributed by atoms with van der Waals surface area (Å²) >= 11 is 0. The predicted molar refractivity (Wildman–Crippen MR) is 79.6 cm³/mol. The Morgan fingerprint density at radius 1 is 1.23 bits per heavy atom. The lowest BCUT2D eigenvalue weighted by atomic mass is 10.4. The number of hydrogen-bond acceptors (Lipinski definition) is 6. The monoisotopic (exact) mass is 327 g/mol. The van der Waals surface area contributed by atoms with Crippen molar-refractivity contribution in [1.82, 2.24) is 19.5 Å². The Balaban J connectivity index is 1.72. The van der Waals surface area contributed by atoms with E-state index in [2.05, 4.69) is 19.9 Å². The number of rotatable bonds is 6. The van der Waals surface area contributed by atoms with Gasteiger partial charge in [0.15, 0.2) is 17.0 Å². The highest BCUT2D eigenvalue weighted by Crippen LogP contribution is 2.33. The van der Waals surface area contributed by atoms with Crippen LogP contribution in [0.5, 0.6) is 0 Å². The maximum Gasteiger partial charge on any atom is 0.350 e. The minimum atomic E-state index is -4.12. The van der Waals surface area contributed by atoms with Crippen LogP contribution in [0.2, 0.25) is 0 Å². The van der Waals surface area contributed by atoms with E-state index in [9.17, 15) is 4.57 Å². The average molecular weight is 327 g/mol. The molecule has 1 aliphatic heterocycles.